The molecule has 2 N–H and O–H groups in total. The number of nitrogens with two attached hydrogens (primary N) is 1. The second kappa shape index (κ2) is 4.63. The third-order valence-electron chi connectivity index (χ3n) is 3.41. The highest BCUT2D eigenvalue weighted by atomic mass is 32.1. The lowest BCUT2D eigenvalue weighted by atomic mass is 10.1. The van der Waals surface area contributed by atoms with Crippen LogP contribution in [-0.4, -0.2) is 11.5 Å². The van der Waals surface area contributed by atoms with E-state index < -0.39 is 0 Å². The quantitative estimate of drug-likeness (QED) is 0.852. The Kier molecular flexibility index (Phi) is 2.95. The molecular weight excluding hydrogens is 259 g/mol. The number of hydrogen-bond acceptors (Lipinski definition) is 2. The molecule has 19 heavy (non-hydrogen) atoms. The summed E-state index contributed by atoms with van der Waals surface area (Å²) in [4.78, 5) is 2.50. The fourth-order valence-corrected chi connectivity index (χ4v) is 2.56. The zero-order valence-corrected chi connectivity index (χ0v) is 11.1. The highest BCUT2D eigenvalue weighted by molar-refractivity contribution is 7.80. The first-order chi connectivity index (χ1) is 9.15. The molecule has 2 aromatic carbocycles. The molecule has 2 aromatic rings. The molecule has 3 rings (SSSR count). The largest absolute Gasteiger partial charge is 0.389 e. The molecule has 0 unspecified atom stereocenters. The van der Waals surface area contributed by atoms with Crippen molar-refractivity contribution in [2.24, 2.45) is 5.73 Å². The molecule has 0 saturated heterocycles. The lowest BCUT2D eigenvalue weighted by molar-refractivity contribution is 0.628. The fourth-order valence-electron chi connectivity index (χ4n) is 2.43. The molecular formula is C15H13FN2S. The van der Waals surface area contributed by atoms with Gasteiger partial charge in [0.1, 0.15) is 10.8 Å². The predicted molar refractivity (Wildman–Crippen MR) is 79.4 cm³/mol. The maximum absolute atomic E-state index is 13.4. The average molecular weight is 272 g/mol. The van der Waals surface area contributed by atoms with E-state index in [9.17, 15) is 4.39 Å². The third kappa shape index (κ3) is 2.19. The van der Waals surface area contributed by atoms with Crippen LogP contribution in [0.2, 0.25) is 0 Å². The smallest absolute Gasteiger partial charge is 0.125 e. The predicted octanol–water partition coefficient (Wildman–Crippen LogP) is 3.15. The SMILES string of the molecule is NC(=S)c1ccc(N2CCc3ccc(F)cc32)cc1. The van der Waals surface area contributed by atoms with Gasteiger partial charge in [-0.2, -0.15) is 0 Å². The molecule has 0 amide bonds. The summed E-state index contributed by atoms with van der Waals surface area (Å²) in [7, 11) is 0. The third-order valence-corrected chi connectivity index (χ3v) is 3.64. The lowest BCUT2D eigenvalue weighted by Crippen LogP contribution is -2.14. The molecule has 0 spiro atoms. The molecule has 0 atom stereocenters. The van der Waals surface area contributed by atoms with Gasteiger partial charge in [-0.05, 0) is 48.4 Å². The van der Waals surface area contributed by atoms with Crippen LogP contribution in [0.25, 0.3) is 0 Å². The summed E-state index contributed by atoms with van der Waals surface area (Å²) in [6.45, 7) is 0.866. The zero-order chi connectivity index (χ0) is 13.4. The van der Waals surface area contributed by atoms with Crippen molar-refractivity contribution in [2.45, 2.75) is 6.42 Å². The van der Waals surface area contributed by atoms with Gasteiger partial charge >= 0.3 is 0 Å². The summed E-state index contributed by atoms with van der Waals surface area (Å²) in [6, 6.07) is 12.7. The maximum Gasteiger partial charge on any atom is 0.125 e. The van der Waals surface area contributed by atoms with Crippen LogP contribution >= 0.6 is 12.2 Å². The monoisotopic (exact) mass is 272 g/mol. The molecule has 0 saturated carbocycles. The topological polar surface area (TPSA) is 29.3 Å². The van der Waals surface area contributed by atoms with Crippen molar-refractivity contribution in [3.05, 3.63) is 59.4 Å². The first-order valence-corrected chi connectivity index (χ1v) is 6.52. The van der Waals surface area contributed by atoms with Crippen molar-refractivity contribution in [1.82, 2.24) is 0 Å². The van der Waals surface area contributed by atoms with E-state index in [0.29, 0.717) is 4.99 Å². The Morgan fingerprint density at radius 2 is 1.89 bits per heavy atom. The zero-order valence-electron chi connectivity index (χ0n) is 10.3. The van der Waals surface area contributed by atoms with Crippen LogP contribution in [0.3, 0.4) is 0 Å². The van der Waals surface area contributed by atoms with E-state index in [1.807, 2.05) is 30.3 Å². The molecule has 0 aromatic heterocycles. The first kappa shape index (κ1) is 12.1. The molecule has 1 aliphatic heterocycles. The van der Waals surface area contributed by atoms with E-state index in [-0.39, 0.29) is 5.82 Å². The molecule has 1 heterocycles. The highest BCUT2D eigenvalue weighted by Gasteiger charge is 2.20. The summed E-state index contributed by atoms with van der Waals surface area (Å²) in [5.41, 5.74) is 9.59. The first-order valence-electron chi connectivity index (χ1n) is 6.11. The van der Waals surface area contributed by atoms with Crippen LogP contribution in [0.5, 0.6) is 0 Å². The van der Waals surface area contributed by atoms with E-state index in [1.165, 1.54) is 11.6 Å². The molecule has 4 heteroatoms. The van der Waals surface area contributed by atoms with Crippen molar-refractivity contribution in [3.63, 3.8) is 0 Å². The molecule has 0 bridgehead atoms. The van der Waals surface area contributed by atoms with Crippen molar-refractivity contribution < 1.29 is 4.39 Å². The molecule has 0 fully saturated rings. The Bertz CT molecular complexity index is 637. The van der Waals surface area contributed by atoms with Gasteiger partial charge in [0.2, 0.25) is 0 Å². The van der Waals surface area contributed by atoms with Gasteiger partial charge in [0.25, 0.3) is 0 Å². The summed E-state index contributed by atoms with van der Waals surface area (Å²) in [6.07, 6.45) is 0.937. The maximum atomic E-state index is 13.4. The molecule has 2 nitrogen and oxygen atoms in total. The van der Waals surface area contributed by atoms with Crippen LogP contribution in [0.1, 0.15) is 11.1 Å². The number of rotatable bonds is 2. The van der Waals surface area contributed by atoms with E-state index >= 15 is 0 Å². The number of fused-ring (bicyclic) bond motifs is 1. The minimum absolute atomic E-state index is 0.203. The Labute approximate surface area is 116 Å². The lowest BCUT2D eigenvalue weighted by Gasteiger charge is -2.19. The Morgan fingerprint density at radius 3 is 2.58 bits per heavy atom. The number of halogens is 1. The van der Waals surface area contributed by atoms with Gasteiger partial charge in [0, 0.05) is 23.5 Å². The van der Waals surface area contributed by atoms with Gasteiger partial charge in [-0.25, -0.2) is 4.39 Å². The second-order valence-electron chi connectivity index (χ2n) is 4.59. The summed E-state index contributed by atoms with van der Waals surface area (Å²) in [5.74, 6) is -0.203. The van der Waals surface area contributed by atoms with Gasteiger partial charge in [-0.15, -0.1) is 0 Å². The molecule has 1 aliphatic rings. The minimum Gasteiger partial charge on any atom is -0.389 e. The number of thiocarbonyl (C=S) groups is 1. The second-order valence-corrected chi connectivity index (χ2v) is 5.03. The van der Waals surface area contributed by atoms with E-state index in [2.05, 4.69) is 4.90 Å². The number of benzene rings is 2. The summed E-state index contributed by atoms with van der Waals surface area (Å²) in [5, 5.41) is 0. The molecule has 96 valence electrons. The Morgan fingerprint density at radius 1 is 1.16 bits per heavy atom. The average Bonchev–Trinajstić information content (AvgIpc) is 2.81. The van der Waals surface area contributed by atoms with E-state index in [4.69, 9.17) is 18.0 Å². The van der Waals surface area contributed by atoms with Gasteiger partial charge in [-0.1, -0.05) is 18.3 Å². The van der Waals surface area contributed by atoms with Crippen molar-refractivity contribution in [3.8, 4) is 0 Å². The van der Waals surface area contributed by atoms with Gasteiger partial charge in [0.15, 0.2) is 0 Å². The van der Waals surface area contributed by atoms with Gasteiger partial charge in [0.05, 0.1) is 0 Å². The van der Waals surface area contributed by atoms with Crippen LogP contribution in [0.4, 0.5) is 15.8 Å². The van der Waals surface area contributed by atoms with Crippen molar-refractivity contribution >= 4 is 28.6 Å². The number of anilines is 2. The van der Waals surface area contributed by atoms with Crippen LogP contribution in [0.15, 0.2) is 42.5 Å². The van der Waals surface area contributed by atoms with Crippen LogP contribution in [0, 0.1) is 5.82 Å². The Hall–Kier alpha value is -1.94. The molecule has 0 radical (unpaired) electrons. The number of hydrogen-bond donors (Lipinski definition) is 1. The summed E-state index contributed by atoms with van der Waals surface area (Å²) < 4.78 is 13.4. The standard InChI is InChI=1S/C15H13FN2S/c16-12-4-1-10-7-8-18(14(10)9-12)13-5-2-11(3-6-13)15(17)19/h1-6,9H,7-8H2,(H2,17,19). The normalized spacial score (nSPS) is 13.4. The fraction of sp³-hybridized carbons (Fsp3) is 0.133. The highest BCUT2D eigenvalue weighted by Crippen LogP contribution is 2.34. The molecule has 0 aliphatic carbocycles. The van der Waals surface area contributed by atoms with Gasteiger partial charge in [-0.3, -0.25) is 0 Å². The minimum atomic E-state index is -0.203. The number of nitrogens with zero attached hydrogens (tertiary/aromatic N) is 1. The summed E-state index contributed by atoms with van der Waals surface area (Å²) >= 11 is 4.93. The van der Waals surface area contributed by atoms with Crippen molar-refractivity contribution in [2.75, 3.05) is 11.4 Å². The van der Waals surface area contributed by atoms with Gasteiger partial charge < -0.3 is 10.6 Å². The van der Waals surface area contributed by atoms with Crippen LogP contribution in [-0.2, 0) is 6.42 Å². The van der Waals surface area contributed by atoms with E-state index in [0.717, 1.165) is 29.9 Å². The van der Waals surface area contributed by atoms with Crippen molar-refractivity contribution in [1.29, 1.82) is 0 Å². The van der Waals surface area contributed by atoms with Crippen LogP contribution < -0.4 is 10.6 Å². The Balaban J connectivity index is 1.97. The van der Waals surface area contributed by atoms with E-state index in [1.54, 1.807) is 6.07 Å².